The van der Waals surface area contributed by atoms with Crippen molar-refractivity contribution in [2.75, 3.05) is 7.11 Å². The zero-order valence-electron chi connectivity index (χ0n) is 11.3. The topological polar surface area (TPSA) is 64.3 Å². The van der Waals surface area contributed by atoms with Crippen molar-refractivity contribution in [2.45, 2.75) is 31.8 Å². The Labute approximate surface area is 120 Å². The van der Waals surface area contributed by atoms with Gasteiger partial charge < -0.3 is 15.8 Å². The van der Waals surface area contributed by atoms with Gasteiger partial charge in [-0.25, -0.2) is 0 Å². The molecule has 0 aromatic heterocycles. The van der Waals surface area contributed by atoms with Crippen molar-refractivity contribution >= 4 is 18.3 Å². The molecule has 1 fully saturated rings. The van der Waals surface area contributed by atoms with Crippen molar-refractivity contribution in [3.63, 3.8) is 0 Å². The number of hydrogen-bond acceptors (Lipinski definition) is 3. The highest BCUT2D eigenvalue weighted by Crippen LogP contribution is 2.41. The van der Waals surface area contributed by atoms with Gasteiger partial charge in [-0.2, -0.15) is 0 Å². The molecule has 2 atom stereocenters. The summed E-state index contributed by atoms with van der Waals surface area (Å²) < 4.78 is 5.14. The van der Waals surface area contributed by atoms with E-state index in [1.165, 1.54) is 0 Å². The molecular weight excluding hydrogens is 264 g/mol. The zero-order valence-corrected chi connectivity index (χ0v) is 12.1. The standard InChI is InChI=1S/C14H20N2O2.ClH/c1-9(15)14(17)16-13(10-3-4-10)11-5-7-12(18-2)8-6-11;/h5-10,13H,3-4,15H2,1-2H3,(H,16,17);1H/t9-,13?;/m1./s1. The molecule has 0 heterocycles. The lowest BCUT2D eigenvalue weighted by Crippen LogP contribution is -2.40. The summed E-state index contributed by atoms with van der Waals surface area (Å²) in [7, 11) is 1.64. The largest absolute Gasteiger partial charge is 0.497 e. The molecule has 1 unspecified atom stereocenters. The minimum atomic E-state index is -0.468. The highest BCUT2D eigenvalue weighted by Gasteiger charge is 2.33. The Bertz CT molecular complexity index is 416. The molecule has 1 aromatic carbocycles. The maximum absolute atomic E-state index is 11.7. The molecule has 1 aromatic rings. The smallest absolute Gasteiger partial charge is 0.237 e. The molecule has 1 aliphatic carbocycles. The van der Waals surface area contributed by atoms with E-state index in [1.807, 2.05) is 24.3 Å². The van der Waals surface area contributed by atoms with Crippen LogP contribution in [-0.2, 0) is 4.79 Å². The van der Waals surface area contributed by atoms with Crippen molar-refractivity contribution < 1.29 is 9.53 Å². The van der Waals surface area contributed by atoms with Crippen molar-refractivity contribution in [3.8, 4) is 5.75 Å². The Morgan fingerprint density at radius 1 is 1.37 bits per heavy atom. The predicted molar refractivity (Wildman–Crippen MR) is 77.5 cm³/mol. The Kier molecular flexibility index (Phi) is 5.63. The van der Waals surface area contributed by atoms with Gasteiger partial charge in [0.05, 0.1) is 19.2 Å². The summed E-state index contributed by atoms with van der Waals surface area (Å²) in [6.45, 7) is 1.70. The number of amides is 1. The first-order chi connectivity index (χ1) is 8.61. The number of nitrogens with two attached hydrogens (primary N) is 1. The molecular formula is C14H21ClN2O2. The second kappa shape index (κ2) is 6.78. The molecule has 19 heavy (non-hydrogen) atoms. The van der Waals surface area contributed by atoms with Crippen LogP contribution >= 0.6 is 12.4 Å². The van der Waals surface area contributed by atoms with Crippen LogP contribution in [0.4, 0.5) is 0 Å². The molecule has 0 aliphatic heterocycles. The number of halogens is 1. The fraction of sp³-hybridized carbons (Fsp3) is 0.500. The minimum Gasteiger partial charge on any atom is -0.497 e. The Morgan fingerprint density at radius 3 is 2.37 bits per heavy atom. The number of hydrogen-bond donors (Lipinski definition) is 2. The van der Waals surface area contributed by atoms with E-state index in [9.17, 15) is 4.79 Å². The first-order valence-corrected chi connectivity index (χ1v) is 6.31. The van der Waals surface area contributed by atoms with Gasteiger partial charge in [-0.3, -0.25) is 4.79 Å². The van der Waals surface area contributed by atoms with Gasteiger partial charge in [-0.05, 0) is 43.4 Å². The van der Waals surface area contributed by atoms with E-state index in [4.69, 9.17) is 10.5 Å². The number of benzene rings is 1. The van der Waals surface area contributed by atoms with E-state index >= 15 is 0 Å². The molecule has 2 rings (SSSR count). The SMILES string of the molecule is COc1ccc(C(NC(=O)[C@@H](C)N)C2CC2)cc1.Cl. The molecule has 0 saturated heterocycles. The van der Waals surface area contributed by atoms with Gasteiger partial charge >= 0.3 is 0 Å². The maximum atomic E-state index is 11.7. The van der Waals surface area contributed by atoms with E-state index in [2.05, 4.69) is 5.32 Å². The third-order valence-corrected chi connectivity index (χ3v) is 3.28. The van der Waals surface area contributed by atoms with Gasteiger partial charge in [-0.1, -0.05) is 12.1 Å². The molecule has 0 bridgehead atoms. The van der Waals surface area contributed by atoms with Gasteiger partial charge in [0.1, 0.15) is 5.75 Å². The Balaban J connectivity index is 0.00000180. The second-order valence-electron chi connectivity index (χ2n) is 4.89. The zero-order chi connectivity index (χ0) is 13.1. The van der Waals surface area contributed by atoms with Crippen LogP contribution in [0.1, 0.15) is 31.4 Å². The van der Waals surface area contributed by atoms with E-state index < -0.39 is 6.04 Å². The lowest BCUT2D eigenvalue weighted by atomic mass is 10.0. The highest BCUT2D eigenvalue weighted by atomic mass is 35.5. The van der Waals surface area contributed by atoms with Crippen molar-refractivity contribution in [1.82, 2.24) is 5.32 Å². The van der Waals surface area contributed by atoms with Crippen molar-refractivity contribution in [3.05, 3.63) is 29.8 Å². The Morgan fingerprint density at radius 2 is 1.95 bits per heavy atom. The molecule has 106 valence electrons. The summed E-state index contributed by atoms with van der Waals surface area (Å²) in [4.78, 5) is 11.7. The molecule has 0 radical (unpaired) electrons. The van der Waals surface area contributed by atoms with E-state index in [-0.39, 0.29) is 24.4 Å². The van der Waals surface area contributed by atoms with Crippen LogP contribution < -0.4 is 15.8 Å². The summed E-state index contributed by atoms with van der Waals surface area (Å²) in [6.07, 6.45) is 2.33. The molecule has 5 heteroatoms. The molecule has 3 N–H and O–H groups in total. The summed E-state index contributed by atoms with van der Waals surface area (Å²) in [5, 5.41) is 3.03. The number of carbonyl (C=O) groups excluding carboxylic acids is 1. The van der Waals surface area contributed by atoms with E-state index in [1.54, 1.807) is 14.0 Å². The molecule has 0 spiro atoms. The molecule has 1 saturated carbocycles. The van der Waals surface area contributed by atoms with Crippen LogP contribution in [0, 0.1) is 5.92 Å². The summed E-state index contributed by atoms with van der Waals surface area (Å²) >= 11 is 0. The number of rotatable bonds is 5. The third-order valence-electron chi connectivity index (χ3n) is 3.28. The normalized spacial score (nSPS) is 17.0. The average Bonchev–Trinajstić information content (AvgIpc) is 3.20. The van der Waals surface area contributed by atoms with Gasteiger partial charge in [0.2, 0.25) is 5.91 Å². The molecule has 4 nitrogen and oxygen atoms in total. The van der Waals surface area contributed by atoms with E-state index in [0.29, 0.717) is 5.92 Å². The fourth-order valence-corrected chi connectivity index (χ4v) is 2.00. The van der Waals surface area contributed by atoms with Crippen LogP contribution in [0.5, 0.6) is 5.75 Å². The summed E-state index contributed by atoms with van der Waals surface area (Å²) in [5.41, 5.74) is 6.71. The van der Waals surface area contributed by atoms with Gasteiger partial charge in [-0.15, -0.1) is 12.4 Å². The van der Waals surface area contributed by atoms with Crippen molar-refractivity contribution in [2.24, 2.45) is 11.7 Å². The molecule has 1 amide bonds. The van der Waals surface area contributed by atoms with Gasteiger partial charge in [0.25, 0.3) is 0 Å². The highest BCUT2D eigenvalue weighted by molar-refractivity contribution is 5.85. The van der Waals surface area contributed by atoms with Crippen LogP contribution in [0.25, 0.3) is 0 Å². The first-order valence-electron chi connectivity index (χ1n) is 6.31. The van der Waals surface area contributed by atoms with E-state index in [0.717, 1.165) is 24.2 Å². The van der Waals surface area contributed by atoms with Gasteiger partial charge in [0, 0.05) is 0 Å². The minimum absolute atomic E-state index is 0. The van der Waals surface area contributed by atoms with Gasteiger partial charge in [0.15, 0.2) is 0 Å². The first kappa shape index (κ1) is 15.8. The summed E-state index contributed by atoms with van der Waals surface area (Å²) in [5.74, 6) is 1.27. The van der Waals surface area contributed by atoms with Crippen LogP contribution in [0.15, 0.2) is 24.3 Å². The third kappa shape index (κ3) is 4.11. The maximum Gasteiger partial charge on any atom is 0.237 e. The predicted octanol–water partition coefficient (Wildman–Crippen LogP) is 2.03. The number of methoxy groups -OCH3 is 1. The lowest BCUT2D eigenvalue weighted by Gasteiger charge is -2.20. The monoisotopic (exact) mass is 284 g/mol. The number of ether oxygens (including phenoxy) is 1. The van der Waals surface area contributed by atoms with Crippen LogP contribution in [0.2, 0.25) is 0 Å². The lowest BCUT2D eigenvalue weighted by molar-refractivity contribution is -0.122. The molecule has 1 aliphatic rings. The fourth-order valence-electron chi connectivity index (χ4n) is 2.00. The summed E-state index contributed by atoms with van der Waals surface area (Å²) in [6, 6.07) is 7.46. The number of carbonyl (C=O) groups is 1. The van der Waals surface area contributed by atoms with Crippen LogP contribution in [0.3, 0.4) is 0 Å². The Hall–Kier alpha value is -1.26. The quantitative estimate of drug-likeness (QED) is 0.870. The number of nitrogens with one attached hydrogen (secondary N) is 1. The van der Waals surface area contributed by atoms with Crippen LogP contribution in [-0.4, -0.2) is 19.1 Å². The van der Waals surface area contributed by atoms with Crippen molar-refractivity contribution in [1.29, 1.82) is 0 Å². The average molecular weight is 285 g/mol. The second-order valence-corrected chi connectivity index (χ2v) is 4.89.